The number of piperidine rings is 1. The van der Waals surface area contributed by atoms with Crippen molar-refractivity contribution in [3.8, 4) is 0 Å². The second kappa shape index (κ2) is 13.5. The summed E-state index contributed by atoms with van der Waals surface area (Å²) in [6, 6.07) is 14.1. The number of carbonyl (C=O) groups excluding carboxylic acids is 2. The molecule has 2 atom stereocenters. The van der Waals surface area contributed by atoms with Gasteiger partial charge in [-0.05, 0) is 68.0 Å². The Bertz CT molecular complexity index is 1580. The molecule has 0 bridgehead atoms. The van der Waals surface area contributed by atoms with Crippen LogP contribution in [-0.2, 0) is 29.5 Å². The number of nitrogens with zero attached hydrogens (tertiary/aromatic N) is 4. The number of para-hydroxylation sites is 1. The normalized spacial score (nSPS) is 16.0. The van der Waals surface area contributed by atoms with Crippen molar-refractivity contribution >= 4 is 28.4 Å². The van der Waals surface area contributed by atoms with E-state index in [4.69, 9.17) is 10.5 Å². The van der Waals surface area contributed by atoms with Crippen LogP contribution in [0.1, 0.15) is 58.9 Å². The zero-order chi connectivity index (χ0) is 30.5. The van der Waals surface area contributed by atoms with E-state index in [1.165, 1.54) is 10.7 Å². The fourth-order valence-electron chi connectivity index (χ4n) is 6.35. The number of methoxy groups -OCH3 is 1. The Morgan fingerprint density at radius 1 is 1.19 bits per heavy atom. The predicted octanol–water partition coefficient (Wildman–Crippen LogP) is 4.78. The first-order chi connectivity index (χ1) is 20.8. The average molecular weight is 589 g/mol. The predicted molar refractivity (Wildman–Crippen MR) is 166 cm³/mol. The van der Waals surface area contributed by atoms with Crippen molar-refractivity contribution in [2.45, 2.75) is 57.5 Å². The van der Waals surface area contributed by atoms with Crippen LogP contribution in [0, 0.1) is 12.7 Å². The van der Waals surface area contributed by atoms with Crippen LogP contribution in [0.5, 0.6) is 0 Å². The molecule has 0 aliphatic carbocycles. The highest BCUT2D eigenvalue weighted by molar-refractivity contribution is 6.03. The maximum Gasteiger partial charge on any atom is 0.273 e. The van der Waals surface area contributed by atoms with Gasteiger partial charge in [0.1, 0.15) is 11.5 Å². The van der Waals surface area contributed by atoms with Gasteiger partial charge in [0.05, 0.1) is 5.52 Å². The summed E-state index contributed by atoms with van der Waals surface area (Å²) in [4.78, 5) is 27.8. The lowest BCUT2D eigenvalue weighted by atomic mass is 9.91. The van der Waals surface area contributed by atoms with Crippen LogP contribution in [0.2, 0.25) is 0 Å². The summed E-state index contributed by atoms with van der Waals surface area (Å²) in [6.45, 7) is 4.62. The van der Waals surface area contributed by atoms with Gasteiger partial charge in [0.15, 0.2) is 0 Å². The van der Waals surface area contributed by atoms with Crippen molar-refractivity contribution < 1.29 is 18.7 Å². The van der Waals surface area contributed by atoms with Crippen LogP contribution in [0.4, 0.5) is 10.1 Å². The Morgan fingerprint density at radius 2 is 1.98 bits per heavy atom. The number of likely N-dealkylation sites (tertiary alicyclic amines) is 1. The molecule has 10 heteroatoms. The van der Waals surface area contributed by atoms with E-state index in [-0.39, 0.29) is 36.0 Å². The quantitative estimate of drug-likeness (QED) is 0.245. The third-order valence-corrected chi connectivity index (χ3v) is 8.43. The van der Waals surface area contributed by atoms with Gasteiger partial charge in [-0.15, -0.1) is 0 Å². The van der Waals surface area contributed by atoms with Crippen molar-refractivity contribution in [1.29, 1.82) is 0 Å². The monoisotopic (exact) mass is 588 g/mol. The van der Waals surface area contributed by atoms with Crippen molar-refractivity contribution in [3.63, 3.8) is 0 Å². The Kier molecular flexibility index (Phi) is 9.57. The number of benzene rings is 2. The van der Waals surface area contributed by atoms with Crippen LogP contribution >= 0.6 is 0 Å². The van der Waals surface area contributed by atoms with Crippen LogP contribution in [-0.4, -0.2) is 63.9 Å². The number of carbonyl (C=O) groups is 2. The number of ether oxygens (including phenoxy) is 1. The molecule has 4 aromatic rings. The molecule has 1 fully saturated rings. The Morgan fingerprint density at radius 3 is 2.70 bits per heavy atom. The fraction of sp³-hybridized carbons (Fsp3) is 0.424. The van der Waals surface area contributed by atoms with Gasteiger partial charge >= 0.3 is 0 Å². The smallest absolute Gasteiger partial charge is 0.273 e. The molecular weight excluding hydrogens is 547 g/mol. The van der Waals surface area contributed by atoms with Crippen molar-refractivity contribution in [3.05, 3.63) is 83.1 Å². The minimum atomic E-state index is -0.334. The number of aromatic nitrogens is 3. The van der Waals surface area contributed by atoms with E-state index in [1.54, 1.807) is 32.5 Å². The molecule has 0 radical (unpaired) electrons. The van der Waals surface area contributed by atoms with E-state index in [0.717, 1.165) is 41.5 Å². The summed E-state index contributed by atoms with van der Waals surface area (Å²) in [5.74, 6) is -0.283. The molecule has 0 spiro atoms. The van der Waals surface area contributed by atoms with E-state index < -0.39 is 0 Å². The van der Waals surface area contributed by atoms with Crippen molar-refractivity contribution in [1.82, 2.24) is 19.2 Å². The number of fused-ring (bicyclic) bond motifs is 1. The van der Waals surface area contributed by atoms with Gasteiger partial charge in [0.2, 0.25) is 5.91 Å². The average Bonchev–Trinajstić information content (AvgIpc) is 3.55. The van der Waals surface area contributed by atoms with E-state index in [1.807, 2.05) is 35.2 Å². The maximum atomic E-state index is 15.0. The van der Waals surface area contributed by atoms with Crippen LogP contribution < -0.4 is 11.1 Å². The summed E-state index contributed by atoms with van der Waals surface area (Å²) in [5.41, 5.74) is 11.4. The molecule has 1 saturated heterocycles. The molecule has 3 heterocycles. The largest absolute Gasteiger partial charge is 0.385 e. The second-order valence-electron chi connectivity index (χ2n) is 11.5. The van der Waals surface area contributed by atoms with Crippen molar-refractivity contribution in [2.75, 3.05) is 32.1 Å². The zero-order valence-corrected chi connectivity index (χ0v) is 25.2. The van der Waals surface area contributed by atoms with E-state index in [9.17, 15) is 9.59 Å². The topological polar surface area (TPSA) is 107 Å². The summed E-state index contributed by atoms with van der Waals surface area (Å²) in [6.07, 6.45) is 4.99. The van der Waals surface area contributed by atoms with E-state index >= 15 is 4.39 Å². The molecule has 2 aromatic heterocycles. The fourth-order valence-corrected chi connectivity index (χ4v) is 6.35. The molecule has 9 nitrogen and oxygen atoms in total. The molecule has 1 aliphatic heterocycles. The molecular formula is C33H41FN6O3. The third kappa shape index (κ3) is 6.81. The van der Waals surface area contributed by atoms with Gasteiger partial charge in [-0.3, -0.25) is 14.3 Å². The highest BCUT2D eigenvalue weighted by atomic mass is 19.1. The number of hydrogen-bond donors (Lipinski definition) is 2. The molecule has 2 unspecified atom stereocenters. The highest BCUT2D eigenvalue weighted by Crippen LogP contribution is 2.36. The summed E-state index contributed by atoms with van der Waals surface area (Å²) in [5, 5.41) is 7.83. The lowest BCUT2D eigenvalue weighted by molar-refractivity contribution is -0.132. The molecule has 5 rings (SSSR count). The lowest BCUT2D eigenvalue weighted by Crippen LogP contribution is -2.42. The van der Waals surface area contributed by atoms with Crippen LogP contribution in [0.15, 0.2) is 54.7 Å². The Balaban J connectivity index is 1.21. The van der Waals surface area contributed by atoms with Gasteiger partial charge in [-0.1, -0.05) is 24.3 Å². The second-order valence-corrected chi connectivity index (χ2v) is 11.5. The number of amides is 2. The number of nitrogens with two attached hydrogens (primary N) is 1. The molecule has 43 heavy (non-hydrogen) atoms. The number of anilines is 1. The van der Waals surface area contributed by atoms with E-state index in [0.29, 0.717) is 49.6 Å². The third-order valence-electron chi connectivity index (χ3n) is 8.43. The standard InChI is InChI=1S/C33H41FN6O3/c1-22-27-8-4-9-28(34)32(27)40(17-6-18-43-3)31(22)24-7-5-16-39(21-24)30(41)20-25(35)19-23-10-12-26(13-11-23)37-33(42)29-14-15-36-38(29)2/h4,8-15,24-25H,5-7,16-21,35H2,1-3H3,(H,37,42). The first-order valence-corrected chi connectivity index (χ1v) is 14.9. The van der Waals surface area contributed by atoms with Gasteiger partial charge in [0.25, 0.3) is 5.91 Å². The van der Waals surface area contributed by atoms with Gasteiger partial charge in [-0.2, -0.15) is 5.10 Å². The molecule has 1 aliphatic rings. The molecule has 0 saturated carbocycles. The van der Waals surface area contributed by atoms with Crippen LogP contribution in [0.3, 0.4) is 0 Å². The van der Waals surface area contributed by atoms with E-state index in [2.05, 4.69) is 21.9 Å². The maximum absolute atomic E-state index is 15.0. The summed E-state index contributed by atoms with van der Waals surface area (Å²) in [7, 11) is 3.40. The molecule has 228 valence electrons. The Labute approximate surface area is 251 Å². The highest BCUT2D eigenvalue weighted by Gasteiger charge is 2.30. The Hall–Kier alpha value is -4.02. The van der Waals surface area contributed by atoms with Gasteiger partial charge in [-0.25, -0.2) is 4.39 Å². The molecule has 2 amide bonds. The number of halogens is 1. The SMILES string of the molecule is COCCCn1c(C2CCCN(C(=O)CC(N)Cc3ccc(NC(=O)c4ccnn4C)cc3)C2)c(C)c2cccc(F)c21. The summed E-state index contributed by atoms with van der Waals surface area (Å²) < 4.78 is 24.0. The number of rotatable bonds is 11. The lowest BCUT2D eigenvalue weighted by Gasteiger charge is -2.34. The minimum Gasteiger partial charge on any atom is -0.385 e. The zero-order valence-electron chi connectivity index (χ0n) is 25.2. The summed E-state index contributed by atoms with van der Waals surface area (Å²) >= 11 is 0. The number of aryl methyl sites for hydroxylation is 3. The van der Waals surface area contributed by atoms with Gasteiger partial charge < -0.3 is 25.3 Å². The number of hydrogen-bond acceptors (Lipinski definition) is 5. The first-order valence-electron chi connectivity index (χ1n) is 14.9. The minimum absolute atomic E-state index is 0.0446. The van der Waals surface area contributed by atoms with Crippen LogP contribution in [0.25, 0.3) is 10.9 Å². The number of nitrogens with one attached hydrogen (secondary N) is 1. The molecule has 3 N–H and O–H groups in total. The molecule has 2 aromatic carbocycles. The van der Waals surface area contributed by atoms with Crippen molar-refractivity contribution in [2.24, 2.45) is 12.8 Å². The van der Waals surface area contributed by atoms with Gasteiger partial charge in [0, 0.05) is 81.7 Å². The first kappa shape index (κ1) is 30.4.